The molecule has 144 valence electrons. The van der Waals surface area contributed by atoms with Crippen LogP contribution in [0, 0.1) is 0 Å². The van der Waals surface area contributed by atoms with E-state index in [0.29, 0.717) is 13.2 Å². The van der Waals surface area contributed by atoms with Gasteiger partial charge >= 0.3 is 0 Å². The molecule has 2 heterocycles. The lowest BCUT2D eigenvalue weighted by Crippen LogP contribution is -2.16. The summed E-state index contributed by atoms with van der Waals surface area (Å²) in [5.41, 5.74) is 1.67. The minimum atomic E-state index is 0.0582. The maximum atomic E-state index is 6.09. The van der Waals surface area contributed by atoms with Gasteiger partial charge in [0, 0.05) is 12.0 Å². The predicted octanol–water partition coefficient (Wildman–Crippen LogP) is 4.89. The second-order valence-electron chi connectivity index (χ2n) is 6.50. The topological polar surface area (TPSA) is 66.1 Å². The minimum Gasteiger partial charge on any atom is -0.491 e. The Labute approximate surface area is 163 Å². The summed E-state index contributed by atoms with van der Waals surface area (Å²) in [6, 6.07) is 15.4. The summed E-state index contributed by atoms with van der Waals surface area (Å²) in [6.07, 6.45) is 4.97. The van der Waals surface area contributed by atoms with Gasteiger partial charge in [-0.3, -0.25) is 0 Å². The van der Waals surface area contributed by atoms with Gasteiger partial charge in [-0.1, -0.05) is 19.1 Å². The van der Waals surface area contributed by atoms with Gasteiger partial charge in [0.25, 0.3) is 0 Å². The van der Waals surface area contributed by atoms with Crippen molar-refractivity contribution in [3.05, 3.63) is 60.7 Å². The number of hydrogen-bond acceptors (Lipinski definition) is 6. The molecule has 0 spiro atoms. The van der Waals surface area contributed by atoms with E-state index < -0.39 is 0 Å². The summed E-state index contributed by atoms with van der Waals surface area (Å²) in [6.45, 7) is 3.16. The van der Waals surface area contributed by atoms with Crippen LogP contribution in [-0.2, 0) is 11.2 Å². The van der Waals surface area contributed by atoms with Gasteiger partial charge in [0.15, 0.2) is 12.3 Å². The van der Waals surface area contributed by atoms with Crippen molar-refractivity contribution < 1.29 is 18.6 Å². The van der Waals surface area contributed by atoms with Crippen molar-refractivity contribution in [3.8, 4) is 28.5 Å². The first-order valence-corrected chi connectivity index (χ1v) is 9.39. The molecule has 6 nitrogen and oxygen atoms in total. The Bertz CT molecular complexity index is 934. The molecule has 0 radical (unpaired) electrons. The van der Waals surface area contributed by atoms with Crippen LogP contribution >= 0.6 is 0 Å². The van der Waals surface area contributed by atoms with E-state index in [1.165, 1.54) is 6.40 Å². The molecule has 0 N–H and O–H groups in total. The van der Waals surface area contributed by atoms with E-state index >= 15 is 0 Å². The van der Waals surface area contributed by atoms with Crippen LogP contribution in [0.4, 0.5) is 0 Å². The van der Waals surface area contributed by atoms with E-state index in [0.717, 1.165) is 47.2 Å². The van der Waals surface area contributed by atoms with Crippen molar-refractivity contribution in [1.82, 2.24) is 4.98 Å². The molecular weight excluding hydrogens is 356 g/mol. The SMILES string of the molecule is CCCc1nc(-c2ccccc2Oc2ccc(OCC3COC=N3)cc2)co1. The fourth-order valence-corrected chi connectivity index (χ4v) is 2.87. The number of nitrogens with zero attached hydrogens (tertiary/aromatic N) is 2. The van der Waals surface area contributed by atoms with Crippen molar-refractivity contribution in [2.45, 2.75) is 25.8 Å². The van der Waals surface area contributed by atoms with Gasteiger partial charge in [0.05, 0.1) is 0 Å². The first kappa shape index (κ1) is 18.1. The summed E-state index contributed by atoms with van der Waals surface area (Å²) in [5.74, 6) is 2.96. The molecule has 1 aromatic heterocycles. The number of aromatic nitrogens is 1. The highest BCUT2D eigenvalue weighted by atomic mass is 16.5. The number of aryl methyl sites for hydroxylation is 1. The monoisotopic (exact) mass is 378 g/mol. The zero-order chi connectivity index (χ0) is 19.2. The molecule has 4 rings (SSSR count). The van der Waals surface area contributed by atoms with E-state index in [2.05, 4.69) is 16.9 Å². The maximum Gasteiger partial charge on any atom is 0.194 e. The molecule has 3 aromatic rings. The molecule has 1 atom stereocenters. The second kappa shape index (κ2) is 8.61. The Hall–Kier alpha value is -3.28. The Balaban J connectivity index is 1.44. The maximum absolute atomic E-state index is 6.09. The number of aliphatic imine (C=N–C) groups is 1. The number of ether oxygens (including phenoxy) is 3. The van der Waals surface area contributed by atoms with Crippen LogP contribution in [0.2, 0.25) is 0 Å². The van der Waals surface area contributed by atoms with Gasteiger partial charge in [-0.25, -0.2) is 9.98 Å². The van der Waals surface area contributed by atoms with Gasteiger partial charge in [0.1, 0.15) is 48.5 Å². The van der Waals surface area contributed by atoms with Crippen molar-refractivity contribution in [2.75, 3.05) is 13.2 Å². The molecule has 1 aliphatic rings. The number of para-hydroxylation sites is 1. The molecular formula is C22H22N2O4. The normalized spacial score (nSPS) is 15.4. The van der Waals surface area contributed by atoms with Crippen LogP contribution in [0.25, 0.3) is 11.3 Å². The summed E-state index contributed by atoms with van der Waals surface area (Å²) in [7, 11) is 0. The molecule has 0 amide bonds. The zero-order valence-electron chi connectivity index (χ0n) is 15.7. The molecule has 0 saturated carbocycles. The van der Waals surface area contributed by atoms with Gasteiger partial charge in [-0.15, -0.1) is 0 Å². The highest BCUT2D eigenvalue weighted by Crippen LogP contribution is 2.33. The first-order chi connectivity index (χ1) is 13.8. The van der Waals surface area contributed by atoms with E-state index in [9.17, 15) is 0 Å². The smallest absolute Gasteiger partial charge is 0.194 e. The summed E-state index contributed by atoms with van der Waals surface area (Å²) in [4.78, 5) is 8.73. The third-order valence-corrected chi connectivity index (χ3v) is 4.31. The van der Waals surface area contributed by atoms with Crippen LogP contribution in [0.5, 0.6) is 17.2 Å². The lowest BCUT2D eigenvalue weighted by atomic mass is 10.1. The standard InChI is InChI=1S/C22H22N2O4/c1-2-5-22-24-20(14-27-22)19-6-3-4-7-21(19)28-18-10-8-17(9-11-18)26-13-16-12-25-15-23-16/h3-4,6-11,14-16H,2,5,12-13H2,1H3. The van der Waals surface area contributed by atoms with Crippen molar-refractivity contribution in [2.24, 2.45) is 4.99 Å². The average Bonchev–Trinajstić information content (AvgIpc) is 3.40. The molecule has 6 heteroatoms. The van der Waals surface area contributed by atoms with Crippen LogP contribution in [0.3, 0.4) is 0 Å². The van der Waals surface area contributed by atoms with Gasteiger partial charge < -0.3 is 18.6 Å². The molecule has 0 fully saturated rings. The van der Waals surface area contributed by atoms with Crippen molar-refractivity contribution >= 4 is 6.40 Å². The first-order valence-electron chi connectivity index (χ1n) is 9.39. The Morgan fingerprint density at radius 1 is 1.07 bits per heavy atom. The number of hydrogen-bond donors (Lipinski definition) is 0. The molecule has 28 heavy (non-hydrogen) atoms. The minimum absolute atomic E-state index is 0.0582. The Morgan fingerprint density at radius 2 is 1.89 bits per heavy atom. The van der Waals surface area contributed by atoms with Gasteiger partial charge in [0.2, 0.25) is 0 Å². The van der Waals surface area contributed by atoms with Crippen LogP contribution in [-0.4, -0.2) is 30.6 Å². The number of oxazole rings is 1. The Morgan fingerprint density at radius 3 is 2.68 bits per heavy atom. The summed E-state index contributed by atoms with van der Waals surface area (Å²) >= 11 is 0. The lowest BCUT2D eigenvalue weighted by Gasteiger charge is -2.11. The zero-order valence-corrected chi connectivity index (χ0v) is 15.7. The quantitative estimate of drug-likeness (QED) is 0.558. The van der Waals surface area contributed by atoms with E-state index in [1.54, 1.807) is 6.26 Å². The summed E-state index contributed by atoms with van der Waals surface area (Å²) in [5, 5.41) is 0. The fourth-order valence-electron chi connectivity index (χ4n) is 2.87. The van der Waals surface area contributed by atoms with Crippen LogP contribution in [0.15, 0.2) is 64.2 Å². The lowest BCUT2D eigenvalue weighted by molar-refractivity contribution is 0.246. The van der Waals surface area contributed by atoms with E-state index in [1.807, 2.05) is 48.5 Å². The molecule has 0 saturated heterocycles. The van der Waals surface area contributed by atoms with Crippen molar-refractivity contribution in [1.29, 1.82) is 0 Å². The highest BCUT2D eigenvalue weighted by Gasteiger charge is 2.13. The second-order valence-corrected chi connectivity index (χ2v) is 6.50. The Kier molecular flexibility index (Phi) is 5.56. The molecule has 2 aromatic carbocycles. The van der Waals surface area contributed by atoms with Crippen LogP contribution < -0.4 is 9.47 Å². The van der Waals surface area contributed by atoms with Crippen molar-refractivity contribution in [3.63, 3.8) is 0 Å². The largest absolute Gasteiger partial charge is 0.491 e. The molecule has 1 unspecified atom stereocenters. The number of benzene rings is 2. The summed E-state index contributed by atoms with van der Waals surface area (Å²) < 4.78 is 22.5. The van der Waals surface area contributed by atoms with E-state index in [4.69, 9.17) is 18.6 Å². The van der Waals surface area contributed by atoms with E-state index in [-0.39, 0.29) is 6.04 Å². The average molecular weight is 378 g/mol. The molecule has 0 bridgehead atoms. The fraction of sp³-hybridized carbons (Fsp3) is 0.273. The third-order valence-electron chi connectivity index (χ3n) is 4.31. The van der Waals surface area contributed by atoms with Crippen LogP contribution in [0.1, 0.15) is 19.2 Å². The third kappa shape index (κ3) is 4.34. The molecule has 0 aliphatic carbocycles. The van der Waals surface area contributed by atoms with Gasteiger partial charge in [-0.2, -0.15) is 0 Å². The number of rotatable bonds is 8. The van der Waals surface area contributed by atoms with Gasteiger partial charge in [-0.05, 0) is 42.8 Å². The molecule has 1 aliphatic heterocycles. The highest BCUT2D eigenvalue weighted by molar-refractivity contribution is 5.67. The predicted molar refractivity (Wildman–Crippen MR) is 106 cm³/mol.